The van der Waals surface area contributed by atoms with E-state index in [9.17, 15) is 8.42 Å². The van der Waals surface area contributed by atoms with E-state index < -0.39 is 10.0 Å². The van der Waals surface area contributed by atoms with Gasteiger partial charge in [-0.2, -0.15) is 17.6 Å². The first-order valence-corrected chi connectivity index (χ1v) is 10.4. The number of nitrogens with zero attached hydrogens (tertiary/aromatic N) is 2. The molecule has 5 rings (SSSR count). The largest absolute Gasteiger partial charge is 0.354 e. The van der Waals surface area contributed by atoms with Crippen LogP contribution in [-0.4, -0.2) is 22.6 Å². The van der Waals surface area contributed by atoms with Gasteiger partial charge in [0.1, 0.15) is 0 Å². The average Bonchev–Trinajstić information content (AvgIpc) is 3.33. The number of aromatic amines is 1. The molecule has 0 fully saturated rings. The van der Waals surface area contributed by atoms with Crippen molar-refractivity contribution in [3.05, 3.63) is 84.6 Å². The van der Waals surface area contributed by atoms with Gasteiger partial charge in [0.2, 0.25) is 0 Å². The van der Waals surface area contributed by atoms with Gasteiger partial charge in [-0.15, -0.1) is 0 Å². The van der Waals surface area contributed by atoms with Gasteiger partial charge in [0.15, 0.2) is 0 Å². The Bertz CT molecular complexity index is 1430. The highest BCUT2D eigenvalue weighted by Gasteiger charge is 2.21. The topological polar surface area (TPSA) is 67.8 Å². The highest BCUT2D eigenvalue weighted by atomic mass is 32.2. The lowest BCUT2D eigenvalue weighted by Crippen LogP contribution is -2.14. The number of aromatic nitrogens is 3. The molecule has 0 bridgehead atoms. The number of benzene rings is 3. The van der Waals surface area contributed by atoms with Crippen molar-refractivity contribution in [1.82, 2.24) is 14.2 Å². The second-order valence-electron chi connectivity index (χ2n) is 6.76. The minimum atomic E-state index is -3.75. The van der Waals surface area contributed by atoms with Crippen LogP contribution in [0.4, 0.5) is 0 Å². The van der Waals surface area contributed by atoms with E-state index in [-0.39, 0.29) is 4.90 Å². The maximum Gasteiger partial charge on any atom is 0.283 e. The van der Waals surface area contributed by atoms with Crippen LogP contribution < -0.4 is 0 Å². The lowest BCUT2D eigenvalue weighted by molar-refractivity contribution is 0.582. The van der Waals surface area contributed by atoms with E-state index in [0.29, 0.717) is 5.52 Å². The molecule has 6 heteroatoms. The summed E-state index contributed by atoms with van der Waals surface area (Å²) in [6.45, 7) is 2.07. The van der Waals surface area contributed by atoms with Crippen LogP contribution in [0.3, 0.4) is 0 Å². The molecule has 5 aromatic rings. The Morgan fingerprint density at radius 2 is 1.64 bits per heavy atom. The van der Waals surface area contributed by atoms with Gasteiger partial charge in [-0.25, -0.2) is 0 Å². The number of H-pyrrole nitrogens is 1. The second-order valence-corrected chi connectivity index (χ2v) is 8.53. The Morgan fingerprint density at radius 3 is 2.43 bits per heavy atom. The zero-order valence-corrected chi connectivity index (χ0v) is 15.9. The first kappa shape index (κ1) is 16.8. The number of nitrogens with one attached hydrogen (secondary N) is 1. The summed E-state index contributed by atoms with van der Waals surface area (Å²) in [7, 11) is -3.75. The maximum absolute atomic E-state index is 13.0. The number of fused-ring (bicyclic) bond motifs is 3. The van der Waals surface area contributed by atoms with E-state index in [1.807, 2.05) is 18.2 Å². The zero-order chi connectivity index (χ0) is 19.3. The molecular weight excluding hydrogens is 370 g/mol. The smallest absolute Gasteiger partial charge is 0.283 e. The van der Waals surface area contributed by atoms with Gasteiger partial charge in [0.25, 0.3) is 10.0 Å². The minimum Gasteiger partial charge on any atom is -0.354 e. The molecule has 28 heavy (non-hydrogen) atoms. The van der Waals surface area contributed by atoms with Crippen molar-refractivity contribution in [2.45, 2.75) is 11.8 Å². The minimum absolute atomic E-state index is 0.217. The van der Waals surface area contributed by atoms with Crippen molar-refractivity contribution in [2.24, 2.45) is 0 Å². The van der Waals surface area contributed by atoms with Gasteiger partial charge in [-0.05, 0) is 42.8 Å². The molecule has 5 nitrogen and oxygen atoms in total. The van der Waals surface area contributed by atoms with E-state index in [1.165, 1.54) is 5.56 Å². The van der Waals surface area contributed by atoms with Crippen LogP contribution in [0.2, 0.25) is 0 Å². The van der Waals surface area contributed by atoms with Gasteiger partial charge < -0.3 is 4.98 Å². The average molecular weight is 387 g/mol. The Morgan fingerprint density at radius 1 is 0.893 bits per heavy atom. The van der Waals surface area contributed by atoms with Crippen molar-refractivity contribution in [3.63, 3.8) is 0 Å². The summed E-state index contributed by atoms with van der Waals surface area (Å²) in [5.41, 5.74) is 4.80. The normalized spacial score (nSPS) is 12.0. The molecular formula is C22H17N3O2S. The molecule has 0 saturated heterocycles. The molecule has 0 aliphatic carbocycles. The lowest BCUT2D eigenvalue weighted by Gasteiger charge is -2.05. The summed E-state index contributed by atoms with van der Waals surface area (Å²) >= 11 is 0. The highest BCUT2D eigenvalue weighted by Crippen LogP contribution is 2.32. The van der Waals surface area contributed by atoms with Crippen LogP contribution in [0.1, 0.15) is 5.56 Å². The highest BCUT2D eigenvalue weighted by molar-refractivity contribution is 7.90. The molecule has 0 radical (unpaired) electrons. The Balaban J connectivity index is 1.72. The van der Waals surface area contributed by atoms with E-state index in [4.69, 9.17) is 0 Å². The molecule has 1 N–H and O–H groups in total. The van der Waals surface area contributed by atoms with Crippen molar-refractivity contribution in [3.8, 4) is 11.3 Å². The first-order valence-electron chi connectivity index (χ1n) is 8.92. The van der Waals surface area contributed by atoms with E-state index >= 15 is 0 Å². The molecule has 3 aromatic carbocycles. The van der Waals surface area contributed by atoms with Crippen LogP contribution in [-0.2, 0) is 10.0 Å². The second kappa shape index (κ2) is 6.07. The predicted octanol–water partition coefficient (Wildman–Crippen LogP) is 4.73. The summed E-state index contributed by atoms with van der Waals surface area (Å²) in [4.78, 5) is 3.66. The fourth-order valence-electron chi connectivity index (χ4n) is 3.59. The summed E-state index contributed by atoms with van der Waals surface area (Å²) in [5, 5.41) is 5.96. The monoisotopic (exact) mass is 387 g/mol. The number of aryl methyl sites for hydroxylation is 1. The molecule has 0 aliphatic heterocycles. The quantitative estimate of drug-likeness (QED) is 0.487. The fraction of sp³-hybridized carbons (Fsp3) is 0.0455. The molecule has 0 spiro atoms. The van der Waals surface area contributed by atoms with Crippen LogP contribution in [0.15, 0.2) is 83.9 Å². The number of rotatable bonds is 3. The fourth-order valence-corrected chi connectivity index (χ4v) is 4.88. The van der Waals surface area contributed by atoms with Gasteiger partial charge in [0, 0.05) is 27.5 Å². The van der Waals surface area contributed by atoms with Crippen molar-refractivity contribution >= 4 is 31.8 Å². The van der Waals surface area contributed by atoms with E-state index in [0.717, 1.165) is 31.6 Å². The van der Waals surface area contributed by atoms with Gasteiger partial charge in [-0.3, -0.25) is 0 Å². The Labute approximate surface area is 162 Å². The third-order valence-corrected chi connectivity index (χ3v) is 6.64. The third-order valence-electron chi connectivity index (χ3n) is 5.02. The molecule has 2 heterocycles. The SMILES string of the molecule is Cc1ccccc1-c1cc2c(ccc3c2cnn3S(=O)(=O)c2ccccc2)[nH]1. The molecule has 0 amide bonds. The first-order chi connectivity index (χ1) is 13.6. The Hall–Kier alpha value is -3.38. The van der Waals surface area contributed by atoms with Crippen LogP contribution >= 0.6 is 0 Å². The number of hydrogen-bond acceptors (Lipinski definition) is 3. The summed E-state index contributed by atoms with van der Waals surface area (Å²) in [5.74, 6) is 0. The maximum atomic E-state index is 13.0. The zero-order valence-electron chi connectivity index (χ0n) is 15.1. The number of hydrogen-bond donors (Lipinski definition) is 1. The van der Waals surface area contributed by atoms with Crippen molar-refractivity contribution < 1.29 is 8.42 Å². The molecule has 2 aromatic heterocycles. The van der Waals surface area contributed by atoms with Gasteiger partial charge in [0.05, 0.1) is 16.6 Å². The van der Waals surface area contributed by atoms with Gasteiger partial charge >= 0.3 is 0 Å². The standard InChI is InChI=1S/C22H17N3O2S/c1-15-7-5-6-10-17(15)21-13-18-19-14-23-25(22(19)12-11-20(18)24-21)28(26,27)16-8-3-2-4-9-16/h2-14,24H,1H3. The summed E-state index contributed by atoms with van der Waals surface area (Å²) in [6.07, 6.45) is 1.62. The summed E-state index contributed by atoms with van der Waals surface area (Å²) in [6, 6.07) is 22.3. The lowest BCUT2D eigenvalue weighted by atomic mass is 10.1. The molecule has 0 saturated carbocycles. The van der Waals surface area contributed by atoms with Crippen molar-refractivity contribution in [1.29, 1.82) is 0 Å². The molecule has 0 unspecified atom stereocenters. The van der Waals surface area contributed by atoms with Crippen molar-refractivity contribution in [2.75, 3.05) is 0 Å². The molecule has 138 valence electrons. The van der Waals surface area contributed by atoms with E-state index in [2.05, 4.69) is 35.2 Å². The van der Waals surface area contributed by atoms with Gasteiger partial charge in [-0.1, -0.05) is 42.5 Å². The summed E-state index contributed by atoms with van der Waals surface area (Å²) < 4.78 is 27.1. The van der Waals surface area contributed by atoms with Crippen LogP contribution in [0, 0.1) is 6.92 Å². The third kappa shape index (κ3) is 2.46. The van der Waals surface area contributed by atoms with E-state index in [1.54, 1.807) is 42.6 Å². The predicted molar refractivity (Wildman–Crippen MR) is 111 cm³/mol. The van der Waals surface area contributed by atoms with Crippen LogP contribution in [0.5, 0.6) is 0 Å². The Kier molecular flexibility index (Phi) is 3.64. The molecule has 0 aliphatic rings. The molecule has 0 atom stereocenters. The van der Waals surface area contributed by atoms with Crippen LogP contribution in [0.25, 0.3) is 33.1 Å².